The Morgan fingerprint density at radius 1 is 0.400 bits per heavy atom. The minimum absolute atomic E-state index is 0.0965. The van der Waals surface area contributed by atoms with Gasteiger partial charge in [-0.1, -0.05) is 53.6 Å². The minimum atomic E-state index is -4.42. The second kappa shape index (κ2) is 16.8. The summed E-state index contributed by atoms with van der Waals surface area (Å²) in [5.41, 5.74) is 3.82. The van der Waals surface area contributed by atoms with Crippen LogP contribution in [0.15, 0.2) is 125 Å². The highest BCUT2D eigenvalue weighted by Crippen LogP contribution is 2.24. The zero-order valence-electron chi connectivity index (χ0n) is 29.6. The Hall–Kier alpha value is -6.92. The van der Waals surface area contributed by atoms with E-state index >= 15 is 0 Å². The molecule has 0 aliphatic carbocycles. The summed E-state index contributed by atoms with van der Waals surface area (Å²) >= 11 is 0. The van der Waals surface area contributed by atoms with Crippen molar-refractivity contribution in [2.24, 2.45) is 0 Å². The summed E-state index contributed by atoms with van der Waals surface area (Å²) in [4.78, 5) is 49.9. The largest absolute Gasteiger partial charge is 0.333 e. The predicted molar refractivity (Wildman–Crippen MR) is 210 cm³/mol. The van der Waals surface area contributed by atoms with Gasteiger partial charge in [-0.15, -0.1) is 0 Å². The van der Waals surface area contributed by atoms with Gasteiger partial charge in [0, 0.05) is 34.1 Å². The molecule has 0 aliphatic rings. The fourth-order valence-corrected chi connectivity index (χ4v) is 6.81. The molecule has 0 spiro atoms. The Kier molecular flexibility index (Phi) is 12.0. The summed E-state index contributed by atoms with van der Waals surface area (Å²) < 4.78 is 56.0. The van der Waals surface area contributed by atoms with Crippen LogP contribution in [-0.2, 0) is 20.0 Å². The maximum Gasteiger partial charge on any atom is 0.333 e. The normalized spacial score (nSPS) is 11.0. The van der Waals surface area contributed by atoms with Crippen LogP contribution in [0.3, 0.4) is 0 Å². The van der Waals surface area contributed by atoms with Crippen molar-refractivity contribution >= 4 is 78.3 Å². The molecule has 0 saturated heterocycles. The first-order valence-corrected chi connectivity index (χ1v) is 19.3. The monoisotopic (exact) mass is 784 g/mol. The number of hydrogen-bond acceptors (Lipinski definition) is 8. The van der Waals surface area contributed by atoms with Crippen LogP contribution in [0.5, 0.6) is 0 Å². The molecule has 0 atom stereocenters. The predicted octanol–water partition coefficient (Wildman–Crippen LogP) is 6.92. The SMILES string of the molecule is Cc1ccc(NC(=O)Nc2cccc(S(=O)(=O)NC(=O)Nc3cccc(NC(=O)NS(=O)(=O)c4cccc(NC(=O)Nc5ccc(C)cc5)c4)c3C)c2)cc1. The molecule has 5 rings (SSSR count). The third-order valence-corrected chi connectivity index (χ3v) is 10.4. The van der Waals surface area contributed by atoms with Crippen molar-refractivity contribution in [3.63, 3.8) is 0 Å². The molecule has 0 bridgehead atoms. The topological polar surface area (TPSA) is 233 Å². The van der Waals surface area contributed by atoms with Gasteiger partial charge in [-0.25, -0.2) is 45.5 Å². The van der Waals surface area contributed by atoms with Crippen molar-refractivity contribution in [2.45, 2.75) is 30.6 Å². The van der Waals surface area contributed by atoms with Crippen molar-refractivity contribution in [1.82, 2.24) is 9.44 Å². The third-order valence-electron chi connectivity index (χ3n) is 7.71. The highest BCUT2D eigenvalue weighted by atomic mass is 32.2. The van der Waals surface area contributed by atoms with Crippen LogP contribution in [0.1, 0.15) is 16.7 Å². The summed E-state index contributed by atoms with van der Waals surface area (Å²) in [7, 11) is -8.85. The van der Waals surface area contributed by atoms with Crippen LogP contribution in [0.4, 0.5) is 53.3 Å². The van der Waals surface area contributed by atoms with E-state index < -0.39 is 44.2 Å². The van der Waals surface area contributed by atoms with E-state index in [0.29, 0.717) is 11.4 Å². The number of hydrogen-bond donors (Lipinski definition) is 8. The second-order valence-corrected chi connectivity index (χ2v) is 15.4. The lowest BCUT2D eigenvalue weighted by Gasteiger charge is -2.15. The summed E-state index contributed by atoms with van der Waals surface area (Å²) in [6.07, 6.45) is 0. The zero-order valence-corrected chi connectivity index (χ0v) is 31.2. The highest BCUT2D eigenvalue weighted by molar-refractivity contribution is 7.90. The number of carbonyl (C=O) groups is 4. The Balaban J connectivity index is 1.17. The average molecular weight is 785 g/mol. The summed E-state index contributed by atoms with van der Waals surface area (Å²) in [5, 5.41) is 15.2. The van der Waals surface area contributed by atoms with Crippen molar-refractivity contribution < 1.29 is 36.0 Å². The van der Waals surface area contributed by atoms with Gasteiger partial charge >= 0.3 is 24.1 Å². The lowest BCUT2D eigenvalue weighted by Crippen LogP contribution is -2.35. The average Bonchev–Trinajstić information content (AvgIpc) is 3.12. The zero-order chi connectivity index (χ0) is 39.8. The third kappa shape index (κ3) is 11.0. The van der Waals surface area contributed by atoms with Crippen LogP contribution in [0.25, 0.3) is 0 Å². The number of urea groups is 4. The molecular weight excluding hydrogens is 749 g/mol. The smallest absolute Gasteiger partial charge is 0.308 e. The Morgan fingerprint density at radius 3 is 1.13 bits per heavy atom. The summed E-state index contributed by atoms with van der Waals surface area (Å²) in [6.45, 7) is 5.30. The van der Waals surface area contributed by atoms with Crippen LogP contribution < -0.4 is 41.3 Å². The van der Waals surface area contributed by atoms with Crippen LogP contribution in [-0.4, -0.2) is 41.0 Å². The van der Waals surface area contributed by atoms with Gasteiger partial charge in [0.15, 0.2) is 0 Å². The molecule has 0 saturated carbocycles. The maximum atomic E-state index is 13.1. The Morgan fingerprint density at radius 2 is 0.745 bits per heavy atom. The number of anilines is 6. The van der Waals surface area contributed by atoms with Crippen molar-refractivity contribution in [1.29, 1.82) is 0 Å². The van der Waals surface area contributed by atoms with E-state index in [-0.39, 0.29) is 38.1 Å². The number of aryl methyl sites for hydroxylation is 2. The molecule has 8 amide bonds. The maximum absolute atomic E-state index is 13.1. The first-order valence-electron chi connectivity index (χ1n) is 16.3. The molecule has 5 aromatic carbocycles. The number of rotatable bonds is 10. The number of sulfonamides is 2. The molecule has 18 heteroatoms. The molecule has 16 nitrogen and oxygen atoms in total. The van der Waals surface area contributed by atoms with E-state index in [4.69, 9.17) is 0 Å². The molecule has 0 aromatic heterocycles. The lowest BCUT2D eigenvalue weighted by atomic mass is 10.1. The molecule has 0 aliphatic heterocycles. The molecule has 55 heavy (non-hydrogen) atoms. The number of benzene rings is 5. The van der Waals surface area contributed by atoms with E-state index in [9.17, 15) is 36.0 Å². The van der Waals surface area contributed by atoms with Crippen molar-refractivity contribution in [3.8, 4) is 0 Å². The van der Waals surface area contributed by atoms with Gasteiger partial charge in [0.25, 0.3) is 20.0 Å². The summed E-state index contributed by atoms with van der Waals surface area (Å²) in [6, 6.07) is 25.5. The van der Waals surface area contributed by atoms with E-state index in [0.717, 1.165) is 11.1 Å². The minimum Gasteiger partial charge on any atom is -0.308 e. The van der Waals surface area contributed by atoms with Gasteiger partial charge in [-0.2, -0.15) is 0 Å². The summed E-state index contributed by atoms with van der Waals surface area (Å²) in [5.74, 6) is 0. The molecule has 284 valence electrons. The van der Waals surface area contributed by atoms with Gasteiger partial charge in [0.1, 0.15) is 0 Å². The molecular formula is C37H36N8O8S2. The van der Waals surface area contributed by atoms with Crippen LogP contribution in [0.2, 0.25) is 0 Å². The highest BCUT2D eigenvalue weighted by Gasteiger charge is 2.22. The van der Waals surface area contributed by atoms with E-state index in [1.54, 1.807) is 24.3 Å². The lowest BCUT2D eigenvalue weighted by molar-refractivity contribution is 0.255. The van der Waals surface area contributed by atoms with Gasteiger partial charge < -0.3 is 31.9 Å². The number of nitrogens with one attached hydrogen (secondary N) is 8. The van der Waals surface area contributed by atoms with Gasteiger partial charge in [0.2, 0.25) is 0 Å². The standard InChI is InChI=1S/C37H36N8O8S2/c1-23-13-17-26(18-14-23)38-34(46)40-28-7-4-9-30(21-28)54(50,51)44-36(48)42-32-11-6-12-33(25(32)3)43-37(49)45-55(52,53)31-10-5-8-29(22-31)41-35(47)39-27-19-15-24(2)16-20-27/h4-22H,1-3H3,(H2,38,40,46)(H2,39,41,47)(H2,42,44,48)(H2,43,45,49). The van der Waals surface area contributed by atoms with Gasteiger partial charge in [0.05, 0.1) is 9.79 Å². The molecule has 5 aromatic rings. The van der Waals surface area contributed by atoms with Gasteiger partial charge in [-0.05, 0) is 99.1 Å². The number of amides is 8. The molecule has 0 unspecified atom stereocenters. The van der Waals surface area contributed by atoms with E-state index in [1.807, 2.05) is 47.6 Å². The fraction of sp³-hybridized carbons (Fsp3) is 0.0811. The Bertz CT molecular complexity index is 2310. The van der Waals surface area contributed by atoms with Crippen molar-refractivity contribution in [2.75, 3.05) is 31.9 Å². The second-order valence-electron chi connectivity index (χ2n) is 12.0. The quantitative estimate of drug-likeness (QED) is 0.0739. The van der Waals surface area contributed by atoms with Crippen molar-refractivity contribution in [3.05, 3.63) is 132 Å². The Labute approximate surface area is 317 Å². The first kappa shape index (κ1) is 39.3. The molecule has 8 N–H and O–H groups in total. The first-order chi connectivity index (χ1) is 26.1. The molecule has 0 fully saturated rings. The van der Waals surface area contributed by atoms with E-state index in [1.165, 1.54) is 73.7 Å². The molecule has 0 heterocycles. The van der Waals surface area contributed by atoms with Crippen LogP contribution in [0, 0.1) is 20.8 Å². The van der Waals surface area contributed by atoms with Gasteiger partial charge in [-0.3, -0.25) is 0 Å². The van der Waals surface area contributed by atoms with Crippen LogP contribution >= 0.6 is 0 Å². The molecule has 0 radical (unpaired) electrons. The number of carbonyl (C=O) groups excluding carboxylic acids is 4. The fourth-order valence-electron chi connectivity index (χ4n) is 4.91. The van der Waals surface area contributed by atoms with E-state index in [2.05, 4.69) is 31.9 Å².